The first-order chi connectivity index (χ1) is 5.74. The van der Waals surface area contributed by atoms with E-state index in [1.807, 2.05) is 6.92 Å². The number of ether oxygens (including phenoxy) is 1. The SMILES string of the molecule is [B]c1cc(F)ccc1OCCC. The molecule has 0 saturated carbocycles. The second kappa shape index (κ2) is 4.14. The summed E-state index contributed by atoms with van der Waals surface area (Å²) in [6.45, 7) is 2.61. The van der Waals surface area contributed by atoms with Crippen LogP contribution in [-0.2, 0) is 0 Å². The number of hydrogen-bond donors (Lipinski definition) is 0. The summed E-state index contributed by atoms with van der Waals surface area (Å²) >= 11 is 0. The third kappa shape index (κ3) is 2.26. The molecule has 0 aromatic heterocycles. The Morgan fingerprint density at radius 2 is 2.25 bits per heavy atom. The van der Waals surface area contributed by atoms with Gasteiger partial charge in [-0.3, -0.25) is 0 Å². The lowest BCUT2D eigenvalue weighted by molar-refractivity contribution is 0.319. The molecule has 0 spiro atoms. The summed E-state index contributed by atoms with van der Waals surface area (Å²) in [5.74, 6) is 0.217. The minimum Gasteiger partial charge on any atom is -0.494 e. The molecule has 0 bridgehead atoms. The highest BCUT2D eigenvalue weighted by molar-refractivity contribution is 6.34. The Morgan fingerprint density at radius 1 is 1.50 bits per heavy atom. The fourth-order valence-corrected chi connectivity index (χ4v) is 0.863. The minimum atomic E-state index is -0.337. The minimum absolute atomic E-state index is 0.337. The van der Waals surface area contributed by atoms with E-state index in [1.165, 1.54) is 12.1 Å². The van der Waals surface area contributed by atoms with Crippen molar-refractivity contribution < 1.29 is 9.13 Å². The van der Waals surface area contributed by atoms with Crippen molar-refractivity contribution in [2.24, 2.45) is 0 Å². The maximum atomic E-state index is 12.5. The van der Waals surface area contributed by atoms with Crippen molar-refractivity contribution in [3.8, 4) is 5.75 Å². The van der Waals surface area contributed by atoms with Gasteiger partial charge >= 0.3 is 0 Å². The van der Waals surface area contributed by atoms with Crippen molar-refractivity contribution in [1.82, 2.24) is 0 Å². The number of hydrogen-bond acceptors (Lipinski definition) is 1. The van der Waals surface area contributed by atoms with Gasteiger partial charge in [-0.15, -0.1) is 0 Å². The quantitative estimate of drug-likeness (QED) is 0.613. The summed E-state index contributed by atoms with van der Waals surface area (Å²) < 4.78 is 17.8. The first-order valence-electron chi connectivity index (χ1n) is 3.92. The molecule has 1 aromatic rings. The molecular weight excluding hydrogens is 154 g/mol. The van der Waals surface area contributed by atoms with E-state index in [9.17, 15) is 4.39 Å². The van der Waals surface area contributed by atoms with Gasteiger partial charge in [0.2, 0.25) is 0 Å². The Labute approximate surface area is 73.0 Å². The zero-order valence-corrected chi connectivity index (χ0v) is 7.01. The predicted octanol–water partition coefficient (Wildman–Crippen LogP) is 1.41. The van der Waals surface area contributed by atoms with Crippen LogP contribution in [0.2, 0.25) is 0 Å². The zero-order chi connectivity index (χ0) is 8.97. The third-order valence-corrected chi connectivity index (χ3v) is 1.43. The fraction of sp³-hybridized carbons (Fsp3) is 0.333. The van der Waals surface area contributed by atoms with Crippen LogP contribution >= 0.6 is 0 Å². The highest BCUT2D eigenvalue weighted by Gasteiger charge is 1.98. The summed E-state index contributed by atoms with van der Waals surface area (Å²) in [7, 11) is 5.50. The molecule has 0 heterocycles. The Hall–Kier alpha value is -0.985. The van der Waals surface area contributed by atoms with E-state index in [0.29, 0.717) is 17.8 Å². The third-order valence-electron chi connectivity index (χ3n) is 1.43. The molecular formula is C9H10BFO. The molecule has 0 saturated heterocycles. The molecule has 0 fully saturated rings. The fourth-order valence-electron chi connectivity index (χ4n) is 0.863. The number of benzene rings is 1. The van der Waals surface area contributed by atoms with Crippen LogP contribution in [0.5, 0.6) is 5.75 Å². The van der Waals surface area contributed by atoms with E-state index in [4.69, 9.17) is 12.6 Å². The van der Waals surface area contributed by atoms with Gasteiger partial charge in [0.15, 0.2) is 0 Å². The molecule has 1 rings (SSSR count). The zero-order valence-electron chi connectivity index (χ0n) is 7.01. The lowest BCUT2D eigenvalue weighted by Crippen LogP contribution is -2.10. The molecule has 0 unspecified atom stereocenters. The number of rotatable bonds is 3. The van der Waals surface area contributed by atoms with E-state index in [2.05, 4.69) is 0 Å². The standard InChI is InChI=1S/C9H10BFO/c1-2-5-12-9-4-3-7(11)6-8(9)10/h3-4,6H,2,5H2,1H3. The van der Waals surface area contributed by atoms with E-state index < -0.39 is 0 Å². The van der Waals surface area contributed by atoms with Crippen LogP contribution in [0.1, 0.15) is 13.3 Å². The molecule has 12 heavy (non-hydrogen) atoms. The molecule has 0 aliphatic heterocycles. The van der Waals surface area contributed by atoms with Crippen molar-refractivity contribution >= 4 is 13.3 Å². The van der Waals surface area contributed by atoms with Crippen LogP contribution in [0.15, 0.2) is 18.2 Å². The molecule has 62 valence electrons. The van der Waals surface area contributed by atoms with Gasteiger partial charge in [0, 0.05) is 0 Å². The predicted molar refractivity (Wildman–Crippen MR) is 47.6 cm³/mol. The van der Waals surface area contributed by atoms with Gasteiger partial charge in [0.25, 0.3) is 0 Å². The molecule has 1 aromatic carbocycles. The topological polar surface area (TPSA) is 9.23 Å². The Bertz CT molecular complexity index is 263. The van der Waals surface area contributed by atoms with Gasteiger partial charge in [-0.2, -0.15) is 0 Å². The summed E-state index contributed by atoms with van der Waals surface area (Å²) in [6.07, 6.45) is 0.914. The second-order valence-corrected chi connectivity index (χ2v) is 2.53. The largest absolute Gasteiger partial charge is 0.494 e. The van der Waals surface area contributed by atoms with Crippen molar-refractivity contribution in [2.45, 2.75) is 13.3 Å². The summed E-state index contributed by atoms with van der Waals surface area (Å²) in [5.41, 5.74) is 0.350. The Kier molecular flexibility index (Phi) is 3.14. The van der Waals surface area contributed by atoms with Crippen molar-refractivity contribution in [2.75, 3.05) is 6.61 Å². The molecule has 0 amide bonds. The first-order valence-corrected chi connectivity index (χ1v) is 3.92. The summed E-state index contributed by atoms with van der Waals surface area (Å²) in [4.78, 5) is 0. The van der Waals surface area contributed by atoms with Gasteiger partial charge in [0.05, 0.1) is 6.61 Å². The van der Waals surface area contributed by atoms with Crippen LogP contribution in [0, 0.1) is 5.82 Å². The van der Waals surface area contributed by atoms with Crippen LogP contribution < -0.4 is 10.2 Å². The molecule has 0 aliphatic carbocycles. The van der Waals surface area contributed by atoms with Gasteiger partial charge in [0.1, 0.15) is 19.4 Å². The Morgan fingerprint density at radius 3 is 2.83 bits per heavy atom. The Balaban J connectivity index is 2.72. The van der Waals surface area contributed by atoms with E-state index in [1.54, 1.807) is 6.07 Å². The first kappa shape index (κ1) is 9.11. The monoisotopic (exact) mass is 164 g/mol. The molecule has 2 radical (unpaired) electrons. The maximum Gasteiger partial charge on any atom is 0.122 e. The molecule has 0 N–H and O–H groups in total. The lowest BCUT2D eigenvalue weighted by Gasteiger charge is -2.07. The molecule has 0 aliphatic rings. The normalized spacial score (nSPS) is 9.83. The number of halogens is 1. The van der Waals surface area contributed by atoms with E-state index in [-0.39, 0.29) is 5.82 Å². The van der Waals surface area contributed by atoms with Crippen LogP contribution in [0.3, 0.4) is 0 Å². The van der Waals surface area contributed by atoms with E-state index in [0.717, 1.165) is 6.42 Å². The highest BCUT2D eigenvalue weighted by Crippen LogP contribution is 2.07. The van der Waals surface area contributed by atoms with Crippen LogP contribution in [-0.4, -0.2) is 14.5 Å². The smallest absolute Gasteiger partial charge is 0.122 e. The average Bonchev–Trinajstić information content (AvgIpc) is 2.03. The van der Waals surface area contributed by atoms with Crippen molar-refractivity contribution in [3.63, 3.8) is 0 Å². The van der Waals surface area contributed by atoms with Gasteiger partial charge in [-0.05, 0) is 24.6 Å². The lowest BCUT2D eigenvalue weighted by atomic mass is 9.95. The molecule has 3 heteroatoms. The molecule has 1 nitrogen and oxygen atoms in total. The van der Waals surface area contributed by atoms with Crippen LogP contribution in [0.25, 0.3) is 0 Å². The highest BCUT2D eigenvalue weighted by atomic mass is 19.1. The van der Waals surface area contributed by atoms with Crippen LogP contribution in [0.4, 0.5) is 4.39 Å². The van der Waals surface area contributed by atoms with E-state index >= 15 is 0 Å². The van der Waals surface area contributed by atoms with Crippen molar-refractivity contribution in [1.29, 1.82) is 0 Å². The molecule has 0 atom stereocenters. The average molecular weight is 164 g/mol. The van der Waals surface area contributed by atoms with Gasteiger partial charge in [-0.25, -0.2) is 4.39 Å². The summed E-state index contributed by atoms with van der Waals surface area (Å²) in [6, 6.07) is 4.13. The van der Waals surface area contributed by atoms with Gasteiger partial charge in [-0.1, -0.05) is 12.4 Å². The second-order valence-electron chi connectivity index (χ2n) is 2.53. The van der Waals surface area contributed by atoms with Crippen molar-refractivity contribution in [3.05, 3.63) is 24.0 Å². The maximum absolute atomic E-state index is 12.5. The van der Waals surface area contributed by atoms with Gasteiger partial charge < -0.3 is 4.74 Å². The summed E-state index contributed by atoms with van der Waals surface area (Å²) in [5, 5.41) is 0.